The Balaban J connectivity index is 1.62. The van der Waals surface area contributed by atoms with E-state index in [1.165, 1.54) is 6.20 Å². The van der Waals surface area contributed by atoms with Crippen LogP contribution in [0.25, 0.3) is 0 Å². The number of likely N-dealkylation sites (N-methyl/N-ethyl adjacent to an activating group) is 1. The summed E-state index contributed by atoms with van der Waals surface area (Å²) in [5.41, 5.74) is 3.07. The van der Waals surface area contributed by atoms with Gasteiger partial charge in [-0.3, -0.25) is 5.01 Å². The molecule has 0 fully saturated rings. The number of hydrogen-bond acceptors (Lipinski definition) is 10. The summed E-state index contributed by atoms with van der Waals surface area (Å²) in [5.74, 6) is 1.15. The van der Waals surface area contributed by atoms with E-state index in [1.807, 2.05) is 30.4 Å². The number of nitrogens with one attached hydrogen (secondary N) is 2. The fourth-order valence-electron chi connectivity index (χ4n) is 3.98. The standard InChI is InChI=1S/C26H32ClN7O3S/c1-6-34-12-11-33(16-29-34)22-14-23(37-5)21(13-18(22)4)31-26-28-15-19(27)25(32-26)30-20-9-7-8-10-24(20)38(35,36)17(2)3/h7-10,13-17H,6,11-12H2,1-5H3,(H2,28,30,31,32). The van der Waals surface area contributed by atoms with Crippen LogP contribution in [0, 0.1) is 6.92 Å². The highest BCUT2D eigenvalue weighted by molar-refractivity contribution is 7.92. The fraction of sp³-hybridized carbons (Fsp3) is 0.346. The molecule has 0 bridgehead atoms. The number of aryl methyl sites for hydroxylation is 1. The number of methoxy groups -OCH3 is 1. The van der Waals surface area contributed by atoms with Gasteiger partial charge in [0.05, 0.1) is 41.4 Å². The Bertz CT molecular complexity index is 1450. The molecule has 0 saturated carbocycles. The molecule has 3 aromatic rings. The second-order valence-corrected chi connectivity index (χ2v) is 11.9. The molecular formula is C26H32ClN7O3S. The van der Waals surface area contributed by atoms with Gasteiger partial charge < -0.3 is 20.3 Å². The van der Waals surface area contributed by atoms with Gasteiger partial charge in [-0.2, -0.15) is 10.1 Å². The summed E-state index contributed by atoms with van der Waals surface area (Å²) < 4.78 is 31.4. The fourth-order valence-corrected chi connectivity index (χ4v) is 5.32. The summed E-state index contributed by atoms with van der Waals surface area (Å²) in [6.07, 6.45) is 3.29. The number of aromatic nitrogens is 2. The van der Waals surface area contributed by atoms with Gasteiger partial charge in [-0.1, -0.05) is 23.7 Å². The van der Waals surface area contributed by atoms with Gasteiger partial charge in [0, 0.05) is 24.8 Å². The average Bonchev–Trinajstić information content (AvgIpc) is 2.91. The molecule has 0 unspecified atom stereocenters. The van der Waals surface area contributed by atoms with E-state index >= 15 is 0 Å². The Morgan fingerprint density at radius 3 is 2.55 bits per heavy atom. The Hall–Kier alpha value is -3.57. The van der Waals surface area contributed by atoms with Crippen LogP contribution in [0.5, 0.6) is 5.75 Å². The molecule has 4 rings (SSSR count). The first-order valence-corrected chi connectivity index (χ1v) is 14.2. The number of halogens is 1. The first-order valence-electron chi connectivity index (χ1n) is 12.3. The second-order valence-electron chi connectivity index (χ2n) is 9.04. The monoisotopic (exact) mass is 557 g/mol. The first-order chi connectivity index (χ1) is 18.1. The lowest BCUT2D eigenvalue weighted by Gasteiger charge is -2.30. The van der Waals surface area contributed by atoms with Crippen LogP contribution in [0.15, 0.2) is 52.6 Å². The van der Waals surface area contributed by atoms with Crippen molar-refractivity contribution in [2.24, 2.45) is 5.10 Å². The van der Waals surface area contributed by atoms with Gasteiger partial charge in [0.1, 0.15) is 17.1 Å². The summed E-state index contributed by atoms with van der Waals surface area (Å²) in [7, 11) is -1.93. The van der Waals surface area contributed by atoms with Crippen LogP contribution in [-0.2, 0) is 9.84 Å². The van der Waals surface area contributed by atoms with E-state index in [1.54, 1.807) is 45.2 Å². The molecule has 0 atom stereocenters. The molecule has 12 heteroatoms. The highest BCUT2D eigenvalue weighted by Crippen LogP contribution is 2.36. The number of rotatable bonds is 9. The van der Waals surface area contributed by atoms with Gasteiger partial charge in [0.25, 0.3) is 0 Å². The van der Waals surface area contributed by atoms with Gasteiger partial charge in [-0.05, 0) is 51.5 Å². The first kappa shape index (κ1) is 27.5. The number of benzene rings is 2. The van der Waals surface area contributed by atoms with Crippen molar-refractivity contribution in [3.8, 4) is 5.75 Å². The number of nitrogens with zero attached hydrogens (tertiary/aromatic N) is 5. The quantitative estimate of drug-likeness (QED) is 0.366. The van der Waals surface area contributed by atoms with Crippen molar-refractivity contribution < 1.29 is 13.2 Å². The lowest BCUT2D eigenvalue weighted by Crippen LogP contribution is -2.38. The van der Waals surface area contributed by atoms with Crippen molar-refractivity contribution >= 4 is 56.6 Å². The topological polar surface area (TPSA) is 112 Å². The normalized spacial score (nSPS) is 13.7. The predicted molar refractivity (Wildman–Crippen MR) is 153 cm³/mol. The van der Waals surface area contributed by atoms with E-state index in [2.05, 4.69) is 37.5 Å². The molecule has 0 radical (unpaired) electrons. The predicted octanol–water partition coefficient (Wildman–Crippen LogP) is 5.20. The molecule has 1 aliphatic rings. The minimum absolute atomic E-state index is 0.176. The zero-order chi connectivity index (χ0) is 27.4. The molecule has 202 valence electrons. The molecule has 2 heterocycles. The molecular weight excluding hydrogens is 526 g/mol. The van der Waals surface area contributed by atoms with Crippen molar-refractivity contribution in [1.29, 1.82) is 0 Å². The van der Waals surface area contributed by atoms with E-state index in [0.29, 0.717) is 17.1 Å². The Morgan fingerprint density at radius 2 is 1.89 bits per heavy atom. The Morgan fingerprint density at radius 1 is 1.13 bits per heavy atom. The van der Waals surface area contributed by atoms with Crippen molar-refractivity contribution in [3.63, 3.8) is 0 Å². The lowest BCUT2D eigenvalue weighted by molar-refractivity contribution is 0.304. The molecule has 38 heavy (non-hydrogen) atoms. The maximum atomic E-state index is 12.9. The summed E-state index contributed by atoms with van der Waals surface area (Å²) in [4.78, 5) is 11.1. The Kier molecular flexibility index (Phi) is 8.27. The zero-order valence-corrected chi connectivity index (χ0v) is 23.6. The van der Waals surface area contributed by atoms with Crippen molar-refractivity contribution in [2.45, 2.75) is 37.8 Å². The number of ether oxygens (including phenoxy) is 1. The highest BCUT2D eigenvalue weighted by Gasteiger charge is 2.23. The van der Waals surface area contributed by atoms with Gasteiger partial charge in [0.2, 0.25) is 5.95 Å². The molecule has 2 N–H and O–H groups in total. The van der Waals surface area contributed by atoms with E-state index in [0.717, 1.165) is 30.9 Å². The number of hydrogen-bond donors (Lipinski definition) is 2. The zero-order valence-electron chi connectivity index (χ0n) is 22.1. The maximum Gasteiger partial charge on any atom is 0.229 e. The summed E-state index contributed by atoms with van der Waals surface area (Å²) in [5, 5.41) is 12.4. The molecule has 1 aliphatic heterocycles. The third-order valence-electron chi connectivity index (χ3n) is 6.20. The van der Waals surface area contributed by atoms with Crippen LogP contribution < -0.4 is 20.3 Å². The van der Waals surface area contributed by atoms with E-state index < -0.39 is 15.1 Å². The van der Waals surface area contributed by atoms with E-state index in [4.69, 9.17) is 16.3 Å². The van der Waals surface area contributed by atoms with Crippen LogP contribution in [0.3, 0.4) is 0 Å². The minimum Gasteiger partial charge on any atom is -0.494 e. The summed E-state index contributed by atoms with van der Waals surface area (Å²) >= 11 is 6.38. The number of para-hydroxylation sites is 1. The second kappa shape index (κ2) is 11.4. The van der Waals surface area contributed by atoms with Crippen LogP contribution >= 0.6 is 11.6 Å². The van der Waals surface area contributed by atoms with Crippen molar-refractivity contribution in [2.75, 3.05) is 42.3 Å². The van der Waals surface area contributed by atoms with Gasteiger partial charge >= 0.3 is 0 Å². The highest BCUT2D eigenvalue weighted by atomic mass is 35.5. The molecule has 0 spiro atoms. The molecule has 2 aromatic carbocycles. The molecule has 10 nitrogen and oxygen atoms in total. The van der Waals surface area contributed by atoms with Crippen LogP contribution in [0.2, 0.25) is 5.02 Å². The van der Waals surface area contributed by atoms with Gasteiger partial charge in [0.15, 0.2) is 15.7 Å². The van der Waals surface area contributed by atoms with Gasteiger partial charge in [-0.15, -0.1) is 0 Å². The lowest BCUT2D eigenvalue weighted by atomic mass is 10.1. The van der Waals surface area contributed by atoms with Crippen LogP contribution in [0.1, 0.15) is 26.3 Å². The number of hydrazone groups is 1. The minimum atomic E-state index is -3.53. The van der Waals surface area contributed by atoms with Crippen LogP contribution in [-0.4, -0.2) is 61.7 Å². The summed E-state index contributed by atoms with van der Waals surface area (Å²) in [6, 6.07) is 10.6. The number of sulfone groups is 1. The third kappa shape index (κ3) is 5.78. The number of anilines is 5. The molecule has 1 aromatic heterocycles. The largest absolute Gasteiger partial charge is 0.494 e. The smallest absolute Gasteiger partial charge is 0.229 e. The molecule has 0 saturated heterocycles. The third-order valence-corrected chi connectivity index (χ3v) is 8.69. The van der Waals surface area contributed by atoms with Crippen molar-refractivity contribution in [3.05, 3.63) is 53.2 Å². The van der Waals surface area contributed by atoms with E-state index in [-0.39, 0.29) is 21.7 Å². The average molecular weight is 558 g/mol. The van der Waals surface area contributed by atoms with Crippen molar-refractivity contribution in [1.82, 2.24) is 15.0 Å². The summed E-state index contributed by atoms with van der Waals surface area (Å²) in [6.45, 7) is 9.90. The molecule has 0 aliphatic carbocycles. The van der Waals surface area contributed by atoms with E-state index in [9.17, 15) is 8.42 Å². The molecule has 0 amide bonds. The van der Waals surface area contributed by atoms with Crippen LogP contribution in [0.4, 0.5) is 28.8 Å². The van der Waals surface area contributed by atoms with Gasteiger partial charge in [-0.25, -0.2) is 13.4 Å². The Labute approximate surface area is 228 Å². The SMILES string of the molecule is CCN1CCN(c2cc(OC)c(Nc3ncc(Cl)c(Nc4ccccc4S(=O)(=O)C(C)C)n3)cc2C)C=N1. The maximum absolute atomic E-state index is 12.9.